The number of hydrogen-bond acceptors (Lipinski definition) is 2. The van der Waals surface area contributed by atoms with Gasteiger partial charge in [-0.25, -0.2) is 4.39 Å². The predicted octanol–water partition coefficient (Wildman–Crippen LogP) is 3.80. The van der Waals surface area contributed by atoms with E-state index in [1.54, 1.807) is 6.07 Å². The van der Waals surface area contributed by atoms with Gasteiger partial charge in [-0.2, -0.15) is 0 Å². The van der Waals surface area contributed by atoms with Gasteiger partial charge in [0.25, 0.3) is 0 Å². The summed E-state index contributed by atoms with van der Waals surface area (Å²) in [6.07, 6.45) is 2.10. The maximum atomic E-state index is 13.2. The molecule has 16 heavy (non-hydrogen) atoms. The second-order valence-electron chi connectivity index (χ2n) is 3.81. The van der Waals surface area contributed by atoms with Crippen molar-refractivity contribution in [2.45, 2.75) is 26.7 Å². The molecule has 0 fully saturated rings. The molecule has 0 unspecified atom stereocenters. The maximum Gasteiger partial charge on any atom is 0.139 e. The number of nitrogens with two attached hydrogens (primary N) is 1. The van der Waals surface area contributed by atoms with Crippen molar-refractivity contribution in [3.05, 3.63) is 22.4 Å². The fraction of sp³-hybridized carbons (Fsp3) is 0.500. The van der Waals surface area contributed by atoms with Gasteiger partial charge in [0.15, 0.2) is 0 Å². The summed E-state index contributed by atoms with van der Waals surface area (Å²) < 4.78 is 13.7. The first-order chi connectivity index (χ1) is 7.60. The summed E-state index contributed by atoms with van der Waals surface area (Å²) in [4.78, 5) is 2.19. The number of anilines is 2. The molecule has 0 atom stereocenters. The third-order valence-corrected chi connectivity index (χ3v) is 3.01. The molecule has 0 heterocycles. The van der Waals surface area contributed by atoms with Crippen LogP contribution in [0.1, 0.15) is 26.7 Å². The van der Waals surface area contributed by atoms with E-state index >= 15 is 0 Å². The van der Waals surface area contributed by atoms with Crippen LogP contribution in [-0.2, 0) is 0 Å². The molecule has 0 spiro atoms. The van der Waals surface area contributed by atoms with Gasteiger partial charge in [-0.1, -0.05) is 13.8 Å². The highest BCUT2D eigenvalue weighted by atomic mass is 79.9. The molecule has 0 aliphatic carbocycles. The summed E-state index contributed by atoms with van der Waals surface area (Å²) in [6, 6.07) is 3.13. The van der Waals surface area contributed by atoms with Gasteiger partial charge in [-0.15, -0.1) is 0 Å². The van der Waals surface area contributed by atoms with Gasteiger partial charge in [0, 0.05) is 19.2 Å². The van der Waals surface area contributed by atoms with E-state index in [0.717, 1.165) is 31.6 Å². The van der Waals surface area contributed by atoms with Crippen molar-refractivity contribution < 1.29 is 4.39 Å². The molecule has 0 saturated heterocycles. The van der Waals surface area contributed by atoms with Gasteiger partial charge < -0.3 is 10.6 Å². The second kappa shape index (κ2) is 6.09. The molecule has 4 heteroatoms. The van der Waals surface area contributed by atoms with Crippen LogP contribution in [0.3, 0.4) is 0 Å². The summed E-state index contributed by atoms with van der Waals surface area (Å²) >= 11 is 3.19. The molecule has 1 rings (SSSR count). The van der Waals surface area contributed by atoms with Crippen LogP contribution in [0.25, 0.3) is 0 Å². The lowest BCUT2D eigenvalue weighted by Gasteiger charge is -2.25. The lowest BCUT2D eigenvalue weighted by molar-refractivity contribution is 0.621. The minimum atomic E-state index is -0.311. The number of hydrogen-bond donors (Lipinski definition) is 1. The van der Waals surface area contributed by atoms with E-state index in [4.69, 9.17) is 5.73 Å². The molecule has 90 valence electrons. The Labute approximate surface area is 105 Å². The third-order valence-electron chi connectivity index (χ3n) is 2.40. The molecule has 0 saturated carbocycles. The largest absolute Gasteiger partial charge is 0.397 e. The zero-order valence-corrected chi connectivity index (χ0v) is 11.3. The van der Waals surface area contributed by atoms with E-state index in [2.05, 4.69) is 34.7 Å². The highest BCUT2D eigenvalue weighted by Gasteiger charge is 2.11. The van der Waals surface area contributed by atoms with Crippen molar-refractivity contribution in [1.82, 2.24) is 0 Å². The van der Waals surface area contributed by atoms with Crippen LogP contribution in [0.4, 0.5) is 15.8 Å². The minimum Gasteiger partial charge on any atom is -0.397 e. The first kappa shape index (κ1) is 13.3. The topological polar surface area (TPSA) is 29.3 Å². The summed E-state index contributed by atoms with van der Waals surface area (Å²) in [7, 11) is 0. The Bertz CT molecular complexity index is 349. The molecule has 1 aromatic rings. The Hall–Kier alpha value is -0.770. The van der Waals surface area contributed by atoms with E-state index in [1.165, 1.54) is 6.07 Å². The van der Waals surface area contributed by atoms with Gasteiger partial charge in [0.2, 0.25) is 0 Å². The van der Waals surface area contributed by atoms with E-state index in [-0.39, 0.29) is 5.82 Å². The number of nitrogen functional groups attached to an aromatic ring is 1. The molecule has 2 nitrogen and oxygen atoms in total. The highest BCUT2D eigenvalue weighted by molar-refractivity contribution is 9.10. The van der Waals surface area contributed by atoms with E-state index in [1.807, 2.05) is 0 Å². The third kappa shape index (κ3) is 3.11. The van der Waals surface area contributed by atoms with E-state index in [0.29, 0.717) is 10.2 Å². The quantitative estimate of drug-likeness (QED) is 0.835. The normalized spacial score (nSPS) is 10.5. The Morgan fingerprint density at radius 2 is 1.81 bits per heavy atom. The monoisotopic (exact) mass is 288 g/mol. The number of halogens is 2. The van der Waals surface area contributed by atoms with Crippen molar-refractivity contribution >= 4 is 27.3 Å². The molecule has 0 aliphatic rings. The van der Waals surface area contributed by atoms with Gasteiger partial charge >= 0.3 is 0 Å². The first-order valence-corrected chi connectivity index (χ1v) is 6.38. The summed E-state index contributed by atoms with van der Waals surface area (Å²) in [5.41, 5.74) is 7.27. The van der Waals surface area contributed by atoms with Gasteiger partial charge in [-0.3, -0.25) is 0 Å². The Morgan fingerprint density at radius 1 is 1.25 bits per heavy atom. The molecule has 0 aromatic heterocycles. The number of nitrogens with zero attached hydrogens (tertiary/aromatic N) is 1. The Balaban J connectivity index is 3.03. The number of benzene rings is 1. The second-order valence-corrected chi connectivity index (χ2v) is 4.67. The van der Waals surface area contributed by atoms with Crippen LogP contribution in [0, 0.1) is 5.82 Å². The standard InChI is InChI=1S/C12H18BrFN2/c1-3-5-16(6-4-2)12-7-9(13)10(14)8-11(12)15/h7-8H,3-6,15H2,1-2H3. The average molecular weight is 289 g/mol. The molecule has 0 bridgehead atoms. The zero-order chi connectivity index (χ0) is 12.1. The molecule has 2 N–H and O–H groups in total. The molecule has 0 amide bonds. The lowest BCUT2D eigenvalue weighted by atomic mass is 10.2. The molecular formula is C12H18BrFN2. The SMILES string of the molecule is CCCN(CCC)c1cc(Br)c(F)cc1N. The van der Waals surface area contributed by atoms with Crippen molar-refractivity contribution in [2.75, 3.05) is 23.7 Å². The molecule has 0 aliphatic heterocycles. The summed E-state index contributed by atoms with van der Waals surface area (Å²) in [6.45, 7) is 6.13. The smallest absolute Gasteiger partial charge is 0.139 e. The molecule has 1 aromatic carbocycles. The van der Waals surface area contributed by atoms with Crippen LogP contribution >= 0.6 is 15.9 Å². The fourth-order valence-electron chi connectivity index (χ4n) is 1.72. The van der Waals surface area contributed by atoms with Crippen LogP contribution < -0.4 is 10.6 Å². The Kier molecular flexibility index (Phi) is 5.06. The van der Waals surface area contributed by atoms with Crippen LogP contribution in [0.5, 0.6) is 0 Å². The maximum absolute atomic E-state index is 13.2. The predicted molar refractivity (Wildman–Crippen MR) is 71.3 cm³/mol. The van der Waals surface area contributed by atoms with Crippen LogP contribution in [-0.4, -0.2) is 13.1 Å². The van der Waals surface area contributed by atoms with Gasteiger partial charge in [0.1, 0.15) is 5.82 Å². The number of rotatable bonds is 5. The summed E-state index contributed by atoms with van der Waals surface area (Å²) in [5, 5.41) is 0. The minimum absolute atomic E-state index is 0.311. The van der Waals surface area contributed by atoms with Crippen molar-refractivity contribution in [2.24, 2.45) is 0 Å². The zero-order valence-electron chi connectivity index (χ0n) is 9.76. The van der Waals surface area contributed by atoms with Crippen LogP contribution in [0.2, 0.25) is 0 Å². The van der Waals surface area contributed by atoms with Crippen molar-refractivity contribution in [3.63, 3.8) is 0 Å². The van der Waals surface area contributed by atoms with Gasteiger partial charge in [-0.05, 0) is 34.8 Å². The highest BCUT2D eigenvalue weighted by Crippen LogP contribution is 2.29. The molecular weight excluding hydrogens is 271 g/mol. The van der Waals surface area contributed by atoms with Gasteiger partial charge in [0.05, 0.1) is 15.8 Å². The molecule has 0 radical (unpaired) electrons. The van der Waals surface area contributed by atoms with E-state index < -0.39 is 0 Å². The lowest BCUT2D eigenvalue weighted by Crippen LogP contribution is -2.25. The Morgan fingerprint density at radius 3 is 2.31 bits per heavy atom. The van der Waals surface area contributed by atoms with Crippen molar-refractivity contribution in [1.29, 1.82) is 0 Å². The average Bonchev–Trinajstić information content (AvgIpc) is 2.23. The summed E-state index contributed by atoms with van der Waals surface area (Å²) in [5.74, 6) is -0.311. The fourth-order valence-corrected chi connectivity index (χ4v) is 2.05. The van der Waals surface area contributed by atoms with Crippen LogP contribution in [0.15, 0.2) is 16.6 Å². The van der Waals surface area contributed by atoms with E-state index in [9.17, 15) is 4.39 Å². The van der Waals surface area contributed by atoms with Crippen molar-refractivity contribution in [3.8, 4) is 0 Å². The first-order valence-electron chi connectivity index (χ1n) is 5.59.